The molecule has 122 valence electrons. The highest BCUT2D eigenvalue weighted by Gasteiger charge is 2.18. The molecular formula is C17H17N5OS. The quantitative estimate of drug-likeness (QED) is 0.722. The zero-order valence-corrected chi connectivity index (χ0v) is 14.2. The first kappa shape index (κ1) is 16.2. The minimum absolute atomic E-state index is 0.149. The smallest absolute Gasteiger partial charge is 0.227 e. The molecule has 1 amide bonds. The number of hydrogen-bond donors (Lipinski definition) is 1. The second kappa shape index (κ2) is 6.84. The van der Waals surface area contributed by atoms with Gasteiger partial charge in [-0.1, -0.05) is 23.9 Å². The Kier molecular flexibility index (Phi) is 4.61. The van der Waals surface area contributed by atoms with E-state index in [9.17, 15) is 4.79 Å². The standard InChI is InChI=1S/C17H17N5OS/c1-11-5-3-7-14(12(11)2)22-16(13-6-4-8-19-9-13)20-21-17(22)24-10-15(18)23/h3-9H,10H2,1-2H3,(H2,18,23). The van der Waals surface area contributed by atoms with Gasteiger partial charge in [0.1, 0.15) is 0 Å². The van der Waals surface area contributed by atoms with E-state index >= 15 is 0 Å². The van der Waals surface area contributed by atoms with E-state index in [2.05, 4.69) is 35.1 Å². The maximum Gasteiger partial charge on any atom is 0.227 e. The molecule has 0 atom stereocenters. The van der Waals surface area contributed by atoms with Crippen LogP contribution in [-0.2, 0) is 4.79 Å². The number of primary amides is 1. The normalized spacial score (nSPS) is 10.8. The summed E-state index contributed by atoms with van der Waals surface area (Å²) >= 11 is 1.27. The number of rotatable bonds is 5. The fraction of sp³-hybridized carbons (Fsp3) is 0.176. The van der Waals surface area contributed by atoms with Gasteiger partial charge < -0.3 is 5.73 Å². The highest BCUT2D eigenvalue weighted by molar-refractivity contribution is 7.99. The number of carbonyl (C=O) groups is 1. The second-order valence-electron chi connectivity index (χ2n) is 5.36. The van der Waals surface area contributed by atoms with Gasteiger partial charge in [0.2, 0.25) is 5.91 Å². The third-order valence-corrected chi connectivity index (χ3v) is 4.66. The molecular weight excluding hydrogens is 322 g/mol. The van der Waals surface area contributed by atoms with Crippen LogP contribution >= 0.6 is 11.8 Å². The number of nitrogens with two attached hydrogens (primary N) is 1. The summed E-state index contributed by atoms with van der Waals surface area (Å²) in [6, 6.07) is 9.85. The number of aryl methyl sites for hydroxylation is 1. The molecule has 0 radical (unpaired) electrons. The molecule has 0 bridgehead atoms. The predicted octanol–water partition coefficient (Wildman–Crippen LogP) is 2.52. The molecule has 0 fully saturated rings. The molecule has 6 nitrogen and oxygen atoms in total. The van der Waals surface area contributed by atoms with Gasteiger partial charge in [-0.2, -0.15) is 0 Å². The molecule has 0 saturated carbocycles. The van der Waals surface area contributed by atoms with Crippen molar-refractivity contribution in [3.8, 4) is 17.1 Å². The van der Waals surface area contributed by atoms with Crippen LogP contribution in [0.1, 0.15) is 11.1 Å². The average Bonchev–Trinajstić information content (AvgIpc) is 3.00. The summed E-state index contributed by atoms with van der Waals surface area (Å²) in [5.41, 5.74) is 9.41. The van der Waals surface area contributed by atoms with Gasteiger partial charge in [-0.05, 0) is 43.2 Å². The molecule has 0 aliphatic rings. The molecule has 2 N–H and O–H groups in total. The lowest BCUT2D eigenvalue weighted by molar-refractivity contribution is -0.115. The minimum atomic E-state index is -0.390. The number of pyridine rings is 1. The van der Waals surface area contributed by atoms with E-state index in [1.54, 1.807) is 12.4 Å². The van der Waals surface area contributed by atoms with E-state index in [0.29, 0.717) is 11.0 Å². The van der Waals surface area contributed by atoms with Crippen molar-refractivity contribution in [2.45, 2.75) is 19.0 Å². The van der Waals surface area contributed by atoms with Crippen molar-refractivity contribution in [3.05, 3.63) is 53.9 Å². The molecule has 7 heteroatoms. The van der Waals surface area contributed by atoms with Crippen molar-refractivity contribution in [1.29, 1.82) is 0 Å². The van der Waals surface area contributed by atoms with E-state index in [1.165, 1.54) is 17.3 Å². The number of amides is 1. The van der Waals surface area contributed by atoms with Crippen LogP contribution in [-0.4, -0.2) is 31.4 Å². The van der Waals surface area contributed by atoms with Crippen molar-refractivity contribution < 1.29 is 4.79 Å². The third-order valence-electron chi connectivity index (χ3n) is 3.71. The topological polar surface area (TPSA) is 86.7 Å². The van der Waals surface area contributed by atoms with Crippen LogP contribution in [0.5, 0.6) is 0 Å². The molecule has 2 aromatic heterocycles. The first-order valence-corrected chi connectivity index (χ1v) is 8.40. The molecule has 2 heterocycles. The summed E-state index contributed by atoms with van der Waals surface area (Å²) in [6.07, 6.45) is 3.46. The van der Waals surface area contributed by atoms with E-state index in [-0.39, 0.29) is 5.75 Å². The van der Waals surface area contributed by atoms with Crippen LogP contribution in [0.4, 0.5) is 0 Å². The number of carbonyl (C=O) groups excluding carboxylic acids is 1. The molecule has 0 aliphatic carbocycles. The van der Waals surface area contributed by atoms with Crippen LogP contribution in [0.2, 0.25) is 0 Å². The number of nitrogens with zero attached hydrogens (tertiary/aromatic N) is 4. The van der Waals surface area contributed by atoms with Gasteiger partial charge in [-0.15, -0.1) is 10.2 Å². The maximum atomic E-state index is 11.2. The van der Waals surface area contributed by atoms with E-state index < -0.39 is 5.91 Å². The van der Waals surface area contributed by atoms with Gasteiger partial charge in [-0.25, -0.2) is 0 Å². The van der Waals surface area contributed by atoms with Crippen LogP contribution in [0, 0.1) is 13.8 Å². The average molecular weight is 339 g/mol. The van der Waals surface area contributed by atoms with Crippen molar-refractivity contribution in [2.75, 3.05) is 5.75 Å². The zero-order chi connectivity index (χ0) is 17.1. The number of thioether (sulfide) groups is 1. The Balaban J connectivity index is 2.18. The number of benzene rings is 1. The van der Waals surface area contributed by atoms with Gasteiger partial charge >= 0.3 is 0 Å². The fourth-order valence-corrected chi connectivity index (χ4v) is 3.06. The Bertz CT molecular complexity index is 876. The van der Waals surface area contributed by atoms with E-state index in [0.717, 1.165) is 16.8 Å². The monoisotopic (exact) mass is 339 g/mol. The predicted molar refractivity (Wildman–Crippen MR) is 94.0 cm³/mol. The Labute approximate surface area is 144 Å². The number of hydrogen-bond acceptors (Lipinski definition) is 5. The van der Waals surface area contributed by atoms with Crippen LogP contribution in [0.15, 0.2) is 47.9 Å². The molecule has 24 heavy (non-hydrogen) atoms. The van der Waals surface area contributed by atoms with Crippen molar-refractivity contribution in [1.82, 2.24) is 19.7 Å². The van der Waals surface area contributed by atoms with Gasteiger partial charge in [0.15, 0.2) is 11.0 Å². The molecule has 0 aliphatic heterocycles. The molecule has 1 aromatic carbocycles. The lowest BCUT2D eigenvalue weighted by Gasteiger charge is -2.14. The summed E-state index contributed by atoms with van der Waals surface area (Å²) in [5.74, 6) is 0.443. The third kappa shape index (κ3) is 3.16. The highest BCUT2D eigenvalue weighted by Crippen LogP contribution is 2.29. The van der Waals surface area contributed by atoms with Crippen LogP contribution in [0.3, 0.4) is 0 Å². The minimum Gasteiger partial charge on any atom is -0.369 e. The summed E-state index contributed by atoms with van der Waals surface area (Å²) in [7, 11) is 0. The van der Waals surface area contributed by atoms with Gasteiger partial charge in [0.25, 0.3) is 0 Å². The van der Waals surface area contributed by atoms with Crippen LogP contribution in [0.25, 0.3) is 17.1 Å². The second-order valence-corrected chi connectivity index (χ2v) is 6.30. The Morgan fingerprint density at radius 3 is 2.75 bits per heavy atom. The summed E-state index contributed by atoms with van der Waals surface area (Å²) in [6.45, 7) is 4.11. The van der Waals surface area contributed by atoms with Gasteiger partial charge in [0.05, 0.1) is 11.4 Å². The Morgan fingerprint density at radius 1 is 1.21 bits per heavy atom. The van der Waals surface area contributed by atoms with E-state index in [4.69, 9.17) is 5.73 Å². The molecule has 3 aromatic rings. The SMILES string of the molecule is Cc1cccc(-n2c(SCC(N)=O)nnc2-c2cccnc2)c1C. The molecule has 3 rings (SSSR count). The first-order valence-electron chi connectivity index (χ1n) is 7.41. The molecule has 0 unspecified atom stereocenters. The number of aromatic nitrogens is 4. The summed E-state index contributed by atoms with van der Waals surface area (Å²) < 4.78 is 1.95. The Morgan fingerprint density at radius 2 is 2.04 bits per heavy atom. The molecule has 0 saturated heterocycles. The van der Waals surface area contributed by atoms with Crippen LogP contribution < -0.4 is 5.73 Å². The lowest BCUT2D eigenvalue weighted by atomic mass is 10.1. The molecule has 0 spiro atoms. The largest absolute Gasteiger partial charge is 0.369 e. The summed E-state index contributed by atoms with van der Waals surface area (Å²) in [4.78, 5) is 15.3. The van der Waals surface area contributed by atoms with Gasteiger partial charge in [-0.3, -0.25) is 14.3 Å². The van der Waals surface area contributed by atoms with Crippen molar-refractivity contribution >= 4 is 17.7 Å². The first-order chi connectivity index (χ1) is 11.6. The summed E-state index contributed by atoms with van der Waals surface area (Å²) in [5, 5.41) is 9.19. The highest BCUT2D eigenvalue weighted by atomic mass is 32.2. The Hall–Kier alpha value is -2.67. The maximum absolute atomic E-state index is 11.2. The zero-order valence-electron chi connectivity index (χ0n) is 13.4. The lowest BCUT2D eigenvalue weighted by Crippen LogP contribution is -2.14. The fourth-order valence-electron chi connectivity index (χ4n) is 2.38. The van der Waals surface area contributed by atoms with Crippen molar-refractivity contribution in [3.63, 3.8) is 0 Å². The van der Waals surface area contributed by atoms with E-state index in [1.807, 2.05) is 28.8 Å². The van der Waals surface area contributed by atoms with Gasteiger partial charge in [0, 0.05) is 18.0 Å². The van der Waals surface area contributed by atoms with Crippen molar-refractivity contribution in [2.24, 2.45) is 5.73 Å².